The Morgan fingerprint density at radius 1 is 0.917 bits per heavy atom. The third-order valence-electron chi connectivity index (χ3n) is 4.79. The Kier molecular flexibility index (Phi) is 6.13. The number of likely N-dealkylation sites (tertiary alicyclic amines) is 1. The summed E-state index contributed by atoms with van der Waals surface area (Å²) < 4.78 is 5.30. The van der Waals surface area contributed by atoms with Crippen molar-refractivity contribution in [2.75, 3.05) is 38.2 Å². The van der Waals surface area contributed by atoms with Gasteiger partial charge < -0.3 is 14.5 Å². The maximum absolute atomic E-state index is 5.30. The third-order valence-corrected chi connectivity index (χ3v) is 4.79. The van der Waals surface area contributed by atoms with Crippen molar-refractivity contribution in [1.29, 1.82) is 0 Å². The fourth-order valence-corrected chi connectivity index (χ4v) is 3.34. The molecule has 0 amide bonds. The second-order valence-electron chi connectivity index (χ2n) is 6.51. The van der Waals surface area contributed by atoms with Gasteiger partial charge in [0.2, 0.25) is 0 Å². The van der Waals surface area contributed by atoms with E-state index in [-0.39, 0.29) is 0 Å². The van der Waals surface area contributed by atoms with Gasteiger partial charge in [-0.25, -0.2) is 0 Å². The molecule has 1 aliphatic rings. The highest BCUT2D eigenvalue weighted by molar-refractivity contribution is 5.49. The molecule has 3 heteroatoms. The van der Waals surface area contributed by atoms with Gasteiger partial charge in [0, 0.05) is 25.3 Å². The van der Waals surface area contributed by atoms with Crippen molar-refractivity contribution in [1.82, 2.24) is 4.90 Å². The van der Waals surface area contributed by atoms with Crippen LogP contribution in [0.1, 0.15) is 24.8 Å². The first-order valence-electron chi connectivity index (χ1n) is 9.00. The molecule has 0 atom stereocenters. The first kappa shape index (κ1) is 16.8. The zero-order valence-corrected chi connectivity index (χ0v) is 14.7. The van der Waals surface area contributed by atoms with Crippen molar-refractivity contribution in [2.45, 2.75) is 25.8 Å². The lowest BCUT2D eigenvalue weighted by molar-refractivity contribution is 0.233. The molecule has 0 saturated carbocycles. The quantitative estimate of drug-likeness (QED) is 0.759. The number of hydrogen-bond acceptors (Lipinski definition) is 3. The molecule has 0 spiro atoms. The molecule has 0 N–H and O–H groups in total. The van der Waals surface area contributed by atoms with E-state index in [0.29, 0.717) is 0 Å². The molecule has 0 aliphatic carbocycles. The van der Waals surface area contributed by atoms with E-state index in [0.717, 1.165) is 25.4 Å². The van der Waals surface area contributed by atoms with E-state index in [1.807, 2.05) is 12.1 Å². The largest absolute Gasteiger partial charge is 0.497 e. The second-order valence-corrected chi connectivity index (χ2v) is 6.51. The van der Waals surface area contributed by atoms with Crippen LogP contribution in [-0.2, 0) is 6.54 Å². The van der Waals surface area contributed by atoms with Crippen LogP contribution in [0.3, 0.4) is 0 Å². The molecule has 1 fully saturated rings. The number of anilines is 1. The molecule has 0 radical (unpaired) electrons. The van der Waals surface area contributed by atoms with Gasteiger partial charge in [0.15, 0.2) is 0 Å². The summed E-state index contributed by atoms with van der Waals surface area (Å²) in [5.41, 5.74) is 2.61. The summed E-state index contributed by atoms with van der Waals surface area (Å²) in [5.74, 6) is 0.912. The zero-order chi connectivity index (χ0) is 16.6. The average Bonchev–Trinajstić information content (AvgIpc) is 2.67. The van der Waals surface area contributed by atoms with Crippen molar-refractivity contribution < 1.29 is 4.74 Å². The van der Waals surface area contributed by atoms with Crippen molar-refractivity contribution in [3.63, 3.8) is 0 Å². The number of ether oxygens (including phenoxy) is 1. The minimum Gasteiger partial charge on any atom is -0.497 e. The molecule has 2 aromatic carbocycles. The summed E-state index contributed by atoms with van der Waals surface area (Å²) in [6.45, 7) is 5.64. The van der Waals surface area contributed by atoms with Crippen LogP contribution < -0.4 is 9.64 Å². The van der Waals surface area contributed by atoms with E-state index in [1.165, 1.54) is 43.6 Å². The highest BCUT2D eigenvalue weighted by Gasteiger charge is 2.13. The van der Waals surface area contributed by atoms with Gasteiger partial charge in [-0.1, -0.05) is 36.8 Å². The molecule has 0 bridgehead atoms. The summed E-state index contributed by atoms with van der Waals surface area (Å²) in [6, 6.07) is 19.2. The lowest BCUT2D eigenvalue weighted by Crippen LogP contribution is -2.37. The van der Waals surface area contributed by atoms with Gasteiger partial charge in [-0.15, -0.1) is 0 Å². The van der Waals surface area contributed by atoms with Gasteiger partial charge in [0.25, 0.3) is 0 Å². The molecule has 1 aliphatic heterocycles. The van der Waals surface area contributed by atoms with Gasteiger partial charge in [0.05, 0.1) is 7.11 Å². The Balaban J connectivity index is 1.69. The van der Waals surface area contributed by atoms with Crippen LogP contribution in [0.15, 0.2) is 54.6 Å². The van der Waals surface area contributed by atoms with Crippen LogP contribution >= 0.6 is 0 Å². The Morgan fingerprint density at radius 2 is 1.62 bits per heavy atom. The highest BCUT2D eigenvalue weighted by Crippen LogP contribution is 2.21. The van der Waals surface area contributed by atoms with Crippen LogP contribution in [0.4, 0.5) is 5.69 Å². The summed E-state index contributed by atoms with van der Waals surface area (Å²) in [5, 5.41) is 0. The molecule has 0 unspecified atom stereocenters. The summed E-state index contributed by atoms with van der Waals surface area (Å²) in [6.07, 6.45) is 4.09. The lowest BCUT2D eigenvalue weighted by Gasteiger charge is -2.31. The molecular formula is C21H28N2O. The number of piperidine rings is 1. The van der Waals surface area contributed by atoms with Gasteiger partial charge >= 0.3 is 0 Å². The van der Waals surface area contributed by atoms with Crippen LogP contribution in [0.5, 0.6) is 5.75 Å². The number of benzene rings is 2. The maximum Gasteiger partial charge on any atom is 0.119 e. The van der Waals surface area contributed by atoms with Crippen LogP contribution in [-0.4, -0.2) is 38.2 Å². The fraction of sp³-hybridized carbons (Fsp3) is 0.429. The summed E-state index contributed by atoms with van der Waals surface area (Å²) >= 11 is 0. The van der Waals surface area contributed by atoms with E-state index in [2.05, 4.69) is 52.3 Å². The van der Waals surface area contributed by atoms with E-state index in [9.17, 15) is 0 Å². The van der Waals surface area contributed by atoms with Gasteiger partial charge in [-0.2, -0.15) is 0 Å². The van der Waals surface area contributed by atoms with Crippen molar-refractivity contribution >= 4 is 5.69 Å². The van der Waals surface area contributed by atoms with Crippen LogP contribution in [0.25, 0.3) is 0 Å². The molecular weight excluding hydrogens is 296 g/mol. The topological polar surface area (TPSA) is 15.7 Å². The Hall–Kier alpha value is -2.00. The third kappa shape index (κ3) is 4.75. The molecule has 0 aromatic heterocycles. The average molecular weight is 324 g/mol. The number of nitrogens with zero attached hydrogens (tertiary/aromatic N) is 2. The minimum absolute atomic E-state index is 0.912. The van der Waals surface area contributed by atoms with Crippen LogP contribution in [0.2, 0.25) is 0 Å². The normalized spacial score (nSPS) is 15.2. The molecule has 3 rings (SSSR count). The Labute approximate surface area is 145 Å². The van der Waals surface area contributed by atoms with E-state index >= 15 is 0 Å². The van der Waals surface area contributed by atoms with E-state index < -0.39 is 0 Å². The molecule has 1 heterocycles. The van der Waals surface area contributed by atoms with Gasteiger partial charge in [-0.3, -0.25) is 0 Å². The van der Waals surface area contributed by atoms with Gasteiger partial charge in [0.1, 0.15) is 5.75 Å². The first-order valence-corrected chi connectivity index (χ1v) is 9.00. The standard InChI is InChI=1S/C21H28N2O/c1-24-21-12-10-20(11-13-21)23(18-19-8-4-2-5-9-19)17-16-22-14-6-3-7-15-22/h2,4-5,8-13H,3,6-7,14-18H2,1H3. The molecule has 3 nitrogen and oxygen atoms in total. The van der Waals surface area contributed by atoms with Gasteiger partial charge in [-0.05, 0) is 55.8 Å². The molecule has 24 heavy (non-hydrogen) atoms. The van der Waals surface area contributed by atoms with E-state index in [4.69, 9.17) is 4.74 Å². The Bertz CT molecular complexity index is 591. The van der Waals surface area contributed by atoms with Crippen molar-refractivity contribution in [2.24, 2.45) is 0 Å². The maximum atomic E-state index is 5.30. The Morgan fingerprint density at radius 3 is 2.29 bits per heavy atom. The minimum atomic E-state index is 0.912. The smallest absolute Gasteiger partial charge is 0.119 e. The number of hydrogen-bond donors (Lipinski definition) is 0. The lowest BCUT2D eigenvalue weighted by atomic mass is 10.1. The second kappa shape index (κ2) is 8.74. The predicted octanol–water partition coefficient (Wildman–Crippen LogP) is 4.19. The first-order chi connectivity index (χ1) is 11.8. The van der Waals surface area contributed by atoms with E-state index in [1.54, 1.807) is 7.11 Å². The number of methoxy groups -OCH3 is 1. The number of rotatable bonds is 7. The van der Waals surface area contributed by atoms with Crippen molar-refractivity contribution in [3.05, 3.63) is 60.2 Å². The zero-order valence-electron chi connectivity index (χ0n) is 14.7. The molecule has 2 aromatic rings. The predicted molar refractivity (Wildman–Crippen MR) is 101 cm³/mol. The molecule has 1 saturated heterocycles. The highest BCUT2D eigenvalue weighted by atomic mass is 16.5. The molecule has 128 valence electrons. The summed E-state index contributed by atoms with van der Waals surface area (Å²) in [4.78, 5) is 5.08. The summed E-state index contributed by atoms with van der Waals surface area (Å²) in [7, 11) is 1.72. The SMILES string of the molecule is COc1ccc(N(CCN2CCCCC2)Cc2ccccc2)cc1. The fourth-order valence-electron chi connectivity index (χ4n) is 3.34. The monoisotopic (exact) mass is 324 g/mol. The van der Waals surface area contributed by atoms with Crippen LogP contribution in [0, 0.1) is 0 Å². The van der Waals surface area contributed by atoms with Crippen molar-refractivity contribution in [3.8, 4) is 5.75 Å².